The number of aromatic nitrogens is 4. The zero-order chi connectivity index (χ0) is 12.8. The standard InChI is InChI=1S/C10H11ClN4O2S/c11-8-5-12-6-9-13-14-10(15(8)9)7-3-1-2-4-18(7,16)17/h5-7H,1-4H2. The Labute approximate surface area is 109 Å². The minimum Gasteiger partial charge on any atom is -0.265 e. The first-order valence-electron chi connectivity index (χ1n) is 5.66. The Kier molecular flexibility index (Phi) is 2.74. The third-order valence-corrected chi connectivity index (χ3v) is 5.60. The van der Waals surface area contributed by atoms with E-state index in [9.17, 15) is 8.42 Å². The molecule has 0 radical (unpaired) electrons. The van der Waals surface area contributed by atoms with Gasteiger partial charge < -0.3 is 0 Å². The van der Waals surface area contributed by atoms with Crippen molar-refractivity contribution < 1.29 is 8.42 Å². The predicted octanol–water partition coefficient (Wildman–Crippen LogP) is 1.42. The molecule has 1 aliphatic heterocycles. The average molecular weight is 287 g/mol. The second-order valence-corrected chi connectivity index (χ2v) is 7.02. The number of hydrogen-bond acceptors (Lipinski definition) is 5. The maximum atomic E-state index is 12.1. The van der Waals surface area contributed by atoms with E-state index < -0.39 is 15.1 Å². The van der Waals surface area contributed by atoms with E-state index in [0.717, 1.165) is 6.42 Å². The molecule has 1 saturated heterocycles. The van der Waals surface area contributed by atoms with Crippen molar-refractivity contribution in [3.05, 3.63) is 23.4 Å². The zero-order valence-electron chi connectivity index (χ0n) is 9.45. The molecule has 2 aromatic rings. The molecule has 0 N–H and O–H groups in total. The molecule has 1 aliphatic rings. The summed E-state index contributed by atoms with van der Waals surface area (Å²) in [5.74, 6) is 0.604. The van der Waals surface area contributed by atoms with Crippen LogP contribution in [0.3, 0.4) is 0 Å². The molecule has 1 atom stereocenters. The van der Waals surface area contributed by atoms with Crippen LogP contribution in [0.2, 0.25) is 5.15 Å². The molecule has 0 bridgehead atoms. The van der Waals surface area contributed by atoms with Crippen molar-refractivity contribution in [1.82, 2.24) is 19.6 Å². The Morgan fingerprint density at radius 1 is 1.28 bits per heavy atom. The third kappa shape index (κ3) is 1.78. The van der Waals surface area contributed by atoms with Crippen molar-refractivity contribution in [2.45, 2.75) is 24.5 Å². The largest absolute Gasteiger partial charge is 0.265 e. The van der Waals surface area contributed by atoms with Crippen LogP contribution < -0.4 is 0 Å². The average Bonchev–Trinajstić information content (AvgIpc) is 2.73. The lowest BCUT2D eigenvalue weighted by atomic mass is 10.2. The van der Waals surface area contributed by atoms with Crippen LogP contribution >= 0.6 is 11.6 Å². The van der Waals surface area contributed by atoms with E-state index in [2.05, 4.69) is 15.2 Å². The molecule has 1 unspecified atom stereocenters. The smallest absolute Gasteiger partial charge is 0.180 e. The Bertz CT molecular complexity index is 697. The van der Waals surface area contributed by atoms with E-state index in [4.69, 9.17) is 11.6 Å². The number of sulfone groups is 1. The van der Waals surface area contributed by atoms with Crippen LogP contribution in [0.1, 0.15) is 30.3 Å². The van der Waals surface area contributed by atoms with Gasteiger partial charge in [-0.25, -0.2) is 8.42 Å². The topological polar surface area (TPSA) is 77.2 Å². The second kappa shape index (κ2) is 4.17. The number of rotatable bonds is 1. The molecule has 0 amide bonds. The lowest BCUT2D eigenvalue weighted by Crippen LogP contribution is -2.23. The van der Waals surface area contributed by atoms with Crippen LogP contribution in [0.5, 0.6) is 0 Å². The lowest BCUT2D eigenvalue weighted by Gasteiger charge is -2.20. The van der Waals surface area contributed by atoms with Gasteiger partial charge in [0.2, 0.25) is 0 Å². The second-order valence-electron chi connectivity index (χ2n) is 4.33. The first kappa shape index (κ1) is 11.9. The highest BCUT2D eigenvalue weighted by molar-refractivity contribution is 7.91. The van der Waals surface area contributed by atoms with Gasteiger partial charge in [0.25, 0.3) is 0 Å². The quantitative estimate of drug-likeness (QED) is 0.792. The maximum absolute atomic E-state index is 12.1. The highest BCUT2D eigenvalue weighted by Gasteiger charge is 2.34. The molecule has 3 heterocycles. The number of nitrogens with zero attached hydrogens (tertiary/aromatic N) is 4. The van der Waals surface area contributed by atoms with Crippen molar-refractivity contribution in [2.24, 2.45) is 0 Å². The molecular weight excluding hydrogens is 276 g/mol. The minimum absolute atomic E-state index is 0.204. The van der Waals surface area contributed by atoms with Gasteiger partial charge >= 0.3 is 0 Å². The summed E-state index contributed by atoms with van der Waals surface area (Å²) in [4.78, 5) is 3.90. The molecule has 96 valence electrons. The summed E-state index contributed by atoms with van der Waals surface area (Å²) >= 11 is 6.04. The maximum Gasteiger partial charge on any atom is 0.180 e. The van der Waals surface area contributed by atoms with E-state index in [1.54, 1.807) is 4.40 Å². The molecule has 6 nitrogen and oxygen atoms in total. The Hall–Kier alpha value is -1.21. The van der Waals surface area contributed by atoms with E-state index in [1.165, 1.54) is 12.4 Å². The van der Waals surface area contributed by atoms with Crippen LogP contribution in [0, 0.1) is 0 Å². The van der Waals surface area contributed by atoms with E-state index in [0.29, 0.717) is 29.5 Å². The van der Waals surface area contributed by atoms with Gasteiger partial charge in [-0.2, -0.15) is 0 Å². The van der Waals surface area contributed by atoms with Gasteiger partial charge in [-0.1, -0.05) is 18.0 Å². The van der Waals surface area contributed by atoms with Gasteiger partial charge in [0.1, 0.15) is 10.4 Å². The molecular formula is C10H11ClN4O2S. The van der Waals surface area contributed by atoms with Crippen LogP contribution in [0.4, 0.5) is 0 Å². The van der Waals surface area contributed by atoms with Crippen molar-refractivity contribution in [3.63, 3.8) is 0 Å². The normalized spacial score (nSPS) is 23.3. The molecule has 2 aromatic heterocycles. The fraction of sp³-hybridized carbons (Fsp3) is 0.500. The zero-order valence-corrected chi connectivity index (χ0v) is 11.0. The van der Waals surface area contributed by atoms with Gasteiger partial charge in [-0.15, -0.1) is 10.2 Å². The number of hydrogen-bond donors (Lipinski definition) is 0. The number of fused-ring (bicyclic) bond motifs is 1. The van der Waals surface area contributed by atoms with Gasteiger partial charge in [0.05, 0.1) is 18.1 Å². The van der Waals surface area contributed by atoms with Gasteiger partial charge in [0.15, 0.2) is 21.3 Å². The molecule has 3 rings (SSSR count). The highest BCUT2D eigenvalue weighted by Crippen LogP contribution is 2.33. The summed E-state index contributed by atoms with van der Waals surface area (Å²) in [5, 5.41) is 7.62. The van der Waals surface area contributed by atoms with Crippen LogP contribution in [0.15, 0.2) is 12.4 Å². The van der Waals surface area contributed by atoms with E-state index in [1.807, 2.05) is 0 Å². The molecule has 1 fully saturated rings. The first-order valence-corrected chi connectivity index (χ1v) is 7.75. The van der Waals surface area contributed by atoms with Crippen molar-refractivity contribution >= 4 is 27.1 Å². The molecule has 0 aromatic carbocycles. The highest BCUT2D eigenvalue weighted by atomic mass is 35.5. The third-order valence-electron chi connectivity index (χ3n) is 3.16. The summed E-state index contributed by atoms with van der Waals surface area (Å²) in [7, 11) is -3.16. The lowest BCUT2D eigenvalue weighted by molar-refractivity contribution is 0.537. The van der Waals surface area contributed by atoms with Gasteiger partial charge in [-0.3, -0.25) is 9.38 Å². The van der Waals surface area contributed by atoms with Crippen molar-refractivity contribution in [1.29, 1.82) is 0 Å². The van der Waals surface area contributed by atoms with Gasteiger partial charge in [0, 0.05) is 0 Å². The minimum atomic E-state index is -3.16. The summed E-state index contributed by atoms with van der Waals surface area (Å²) in [6.07, 6.45) is 5.13. The molecule has 18 heavy (non-hydrogen) atoms. The Morgan fingerprint density at radius 2 is 2.11 bits per heavy atom. The fourth-order valence-corrected chi connectivity index (χ4v) is 4.41. The van der Waals surface area contributed by atoms with Crippen molar-refractivity contribution in [2.75, 3.05) is 5.75 Å². The SMILES string of the molecule is O=S1(=O)CCCCC1c1nnc2cncc(Cl)n12. The summed E-state index contributed by atoms with van der Waals surface area (Å²) in [5.41, 5.74) is 0.471. The first-order chi connectivity index (χ1) is 8.59. The molecule has 0 saturated carbocycles. The molecule has 0 aliphatic carbocycles. The predicted molar refractivity (Wildman–Crippen MR) is 66.2 cm³/mol. The monoisotopic (exact) mass is 286 g/mol. The van der Waals surface area contributed by atoms with Gasteiger partial charge in [-0.05, 0) is 12.8 Å². The Balaban J connectivity index is 2.20. The van der Waals surface area contributed by atoms with Crippen LogP contribution in [-0.4, -0.2) is 33.8 Å². The molecule has 8 heteroatoms. The van der Waals surface area contributed by atoms with E-state index >= 15 is 0 Å². The number of halogens is 1. The van der Waals surface area contributed by atoms with Crippen molar-refractivity contribution in [3.8, 4) is 0 Å². The molecule has 0 spiro atoms. The summed E-state index contributed by atoms with van der Waals surface area (Å²) in [6.45, 7) is 0. The van der Waals surface area contributed by atoms with E-state index in [-0.39, 0.29) is 5.75 Å². The fourth-order valence-electron chi connectivity index (χ4n) is 2.29. The van der Waals surface area contributed by atoms with Crippen LogP contribution in [-0.2, 0) is 9.84 Å². The summed E-state index contributed by atoms with van der Waals surface area (Å²) in [6, 6.07) is 0. The van der Waals surface area contributed by atoms with Crippen LogP contribution in [0.25, 0.3) is 5.65 Å². The summed E-state index contributed by atoms with van der Waals surface area (Å²) < 4.78 is 25.7. The Morgan fingerprint density at radius 3 is 2.89 bits per heavy atom.